The van der Waals surface area contributed by atoms with Crippen molar-refractivity contribution in [1.82, 2.24) is 5.32 Å². The van der Waals surface area contributed by atoms with Crippen LogP contribution in [-0.4, -0.2) is 18.0 Å². The minimum absolute atomic E-state index is 0.0979. The third-order valence-corrected chi connectivity index (χ3v) is 3.02. The van der Waals surface area contributed by atoms with Gasteiger partial charge in [0.05, 0.1) is 6.42 Å². The molecule has 0 unspecified atom stereocenters. The molecular weight excluding hydrogens is 200 g/mol. The molecule has 0 bridgehead atoms. The molecule has 0 spiro atoms. The van der Waals surface area contributed by atoms with Crippen molar-refractivity contribution in [2.45, 2.75) is 38.3 Å². The fourth-order valence-electron chi connectivity index (χ4n) is 1.95. The van der Waals surface area contributed by atoms with Crippen molar-refractivity contribution in [3.05, 3.63) is 35.4 Å². The maximum Gasteiger partial charge on any atom is 0.224 e. The lowest BCUT2D eigenvalue weighted by Gasteiger charge is -2.32. The zero-order valence-corrected chi connectivity index (χ0v) is 9.57. The molecule has 0 radical (unpaired) electrons. The normalized spacial score (nSPS) is 23.6. The molecule has 0 aromatic heterocycles. The van der Waals surface area contributed by atoms with Crippen LogP contribution in [0.3, 0.4) is 0 Å². The van der Waals surface area contributed by atoms with Gasteiger partial charge in [-0.25, -0.2) is 0 Å². The van der Waals surface area contributed by atoms with Gasteiger partial charge < -0.3 is 11.1 Å². The molecule has 1 amide bonds. The standard InChI is InChI=1S/C13H18N2O/c1-9-2-4-10(5-3-9)6-13(16)15-12-7-11(14)8-12/h2-5,11-12H,6-8,14H2,1H3,(H,15,16). The quantitative estimate of drug-likeness (QED) is 0.799. The van der Waals surface area contributed by atoms with Crippen molar-refractivity contribution >= 4 is 5.91 Å². The summed E-state index contributed by atoms with van der Waals surface area (Å²) in [7, 11) is 0. The molecule has 3 heteroatoms. The number of amides is 1. The van der Waals surface area contributed by atoms with Gasteiger partial charge in [0.1, 0.15) is 0 Å². The minimum Gasteiger partial charge on any atom is -0.353 e. The number of carbonyl (C=O) groups excluding carboxylic acids is 1. The summed E-state index contributed by atoms with van der Waals surface area (Å²) in [5.41, 5.74) is 7.94. The van der Waals surface area contributed by atoms with Crippen LogP contribution >= 0.6 is 0 Å². The second-order valence-electron chi connectivity index (χ2n) is 4.66. The van der Waals surface area contributed by atoms with Crippen LogP contribution in [0, 0.1) is 6.92 Å². The van der Waals surface area contributed by atoms with Gasteiger partial charge in [-0.1, -0.05) is 29.8 Å². The van der Waals surface area contributed by atoms with E-state index in [9.17, 15) is 4.79 Å². The summed E-state index contributed by atoms with van der Waals surface area (Å²) in [4.78, 5) is 11.7. The van der Waals surface area contributed by atoms with Crippen LogP contribution < -0.4 is 11.1 Å². The third-order valence-electron chi connectivity index (χ3n) is 3.02. The zero-order valence-electron chi connectivity index (χ0n) is 9.57. The molecule has 0 heterocycles. The molecule has 1 aliphatic carbocycles. The second-order valence-corrected chi connectivity index (χ2v) is 4.66. The van der Waals surface area contributed by atoms with E-state index in [-0.39, 0.29) is 11.9 Å². The van der Waals surface area contributed by atoms with E-state index in [2.05, 4.69) is 5.32 Å². The predicted octanol–water partition coefficient (Wildman–Crippen LogP) is 1.14. The molecule has 3 nitrogen and oxygen atoms in total. The number of nitrogens with one attached hydrogen (secondary N) is 1. The highest BCUT2D eigenvalue weighted by Crippen LogP contribution is 2.17. The van der Waals surface area contributed by atoms with Gasteiger partial charge in [-0.05, 0) is 25.3 Å². The molecular formula is C13H18N2O. The number of hydrogen-bond acceptors (Lipinski definition) is 2. The molecule has 16 heavy (non-hydrogen) atoms. The van der Waals surface area contributed by atoms with Crippen LogP contribution in [0.2, 0.25) is 0 Å². The first-order chi connectivity index (χ1) is 7.63. The summed E-state index contributed by atoms with van der Waals surface area (Å²) in [6.45, 7) is 2.04. The molecule has 1 saturated carbocycles. The van der Waals surface area contributed by atoms with Gasteiger partial charge in [0.25, 0.3) is 0 Å². The van der Waals surface area contributed by atoms with Crippen molar-refractivity contribution < 1.29 is 4.79 Å². The lowest BCUT2D eigenvalue weighted by atomic mass is 9.87. The van der Waals surface area contributed by atoms with Crippen molar-refractivity contribution in [2.75, 3.05) is 0 Å². The Balaban J connectivity index is 1.80. The molecule has 3 N–H and O–H groups in total. The number of hydrogen-bond donors (Lipinski definition) is 2. The summed E-state index contributed by atoms with van der Waals surface area (Å²) in [6.07, 6.45) is 2.30. The molecule has 1 aliphatic rings. The van der Waals surface area contributed by atoms with E-state index in [0.29, 0.717) is 12.5 Å². The van der Waals surface area contributed by atoms with Crippen molar-refractivity contribution in [1.29, 1.82) is 0 Å². The van der Waals surface area contributed by atoms with Gasteiger partial charge in [-0.3, -0.25) is 4.79 Å². The number of benzene rings is 1. The van der Waals surface area contributed by atoms with Crippen molar-refractivity contribution in [3.8, 4) is 0 Å². The van der Waals surface area contributed by atoms with E-state index in [0.717, 1.165) is 18.4 Å². The fourth-order valence-corrected chi connectivity index (χ4v) is 1.95. The van der Waals surface area contributed by atoms with E-state index in [4.69, 9.17) is 5.73 Å². The first-order valence-corrected chi connectivity index (χ1v) is 5.74. The zero-order chi connectivity index (χ0) is 11.5. The number of aryl methyl sites for hydroxylation is 1. The largest absolute Gasteiger partial charge is 0.353 e. The SMILES string of the molecule is Cc1ccc(CC(=O)NC2CC(N)C2)cc1. The van der Waals surface area contributed by atoms with Crippen LogP contribution in [0.15, 0.2) is 24.3 Å². The highest BCUT2D eigenvalue weighted by Gasteiger charge is 2.26. The summed E-state index contributed by atoms with van der Waals surface area (Å²) in [6, 6.07) is 8.64. The Labute approximate surface area is 96.0 Å². The van der Waals surface area contributed by atoms with E-state index >= 15 is 0 Å². The molecule has 0 saturated heterocycles. The highest BCUT2D eigenvalue weighted by atomic mass is 16.1. The second kappa shape index (κ2) is 4.66. The van der Waals surface area contributed by atoms with Gasteiger partial charge >= 0.3 is 0 Å². The summed E-state index contributed by atoms with van der Waals surface area (Å²) in [5.74, 6) is 0.0979. The number of carbonyl (C=O) groups is 1. The van der Waals surface area contributed by atoms with E-state index in [1.165, 1.54) is 5.56 Å². The smallest absolute Gasteiger partial charge is 0.224 e. The average Bonchev–Trinajstić information content (AvgIpc) is 2.19. The minimum atomic E-state index is 0.0979. The Kier molecular flexibility index (Phi) is 3.25. The Morgan fingerprint density at radius 1 is 1.38 bits per heavy atom. The van der Waals surface area contributed by atoms with Crippen molar-refractivity contribution in [2.24, 2.45) is 5.73 Å². The fraction of sp³-hybridized carbons (Fsp3) is 0.462. The van der Waals surface area contributed by atoms with Crippen LogP contribution in [-0.2, 0) is 11.2 Å². The lowest BCUT2D eigenvalue weighted by molar-refractivity contribution is -0.121. The number of nitrogens with two attached hydrogens (primary N) is 1. The summed E-state index contributed by atoms with van der Waals surface area (Å²) >= 11 is 0. The summed E-state index contributed by atoms with van der Waals surface area (Å²) < 4.78 is 0. The monoisotopic (exact) mass is 218 g/mol. The highest BCUT2D eigenvalue weighted by molar-refractivity contribution is 5.79. The predicted molar refractivity (Wildman–Crippen MR) is 64.0 cm³/mol. The van der Waals surface area contributed by atoms with Crippen LogP contribution in [0.4, 0.5) is 0 Å². The van der Waals surface area contributed by atoms with E-state index in [1.54, 1.807) is 0 Å². The van der Waals surface area contributed by atoms with Gasteiger partial charge in [-0.15, -0.1) is 0 Å². The lowest BCUT2D eigenvalue weighted by Crippen LogP contribution is -2.50. The Morgan fingerprint density at radius 2 is 2.00 bits per heavy atom. The van der Waals surface area contributed by atoms with Gasteiger partial charge in [-0.2, -0.15) is 0 Å². The Morgan fingerprint density at radius 3 is 2.56 bits per heavy atom. The first kappa shape index (κ1) is 11.1. The van der Waals surface area contributed by atoms with Crippen LogP contribution in [0.25, 0.3) is 0 Å². The average molecular weight is 218 g/mol. The van der Waals surface area contributed by atoms with Crippen LogP contribution in [0.5, 0.6) is 0 Å². The van der Waals surface area contributed by atoms with Gasteiger partial charge in [0.15, 0.2) is 0 Å². The third kappa shape index (κ3) is 2.83. The van der Waals surface area contributed by atoms with E-state index in [1.807, 2.05) is 31.2 Å². The Bertz CT molecular complexity index is 366. The Hall–Kier alpha value is -1.35. The molecule has 86 valence electrons. The summed E-state index contributed by atoms with van der Waals surface area (Å²) in [5, 5.41) is 2.99. The van der Waals surface area contributed by atoms with Gasteiger partial charge in [0, 0.05) is 12.1 Å². The van der Waals surface area contributed by atoms with Crippen LogP contribution in [0.1, 0.15) is 24.0 Å². The van der Waals surface area contributed by atoms with Crippen molar-refractivity contribution in [3.63, 3.8) is 0 Å². The molecule has 1 aromatic rings. The topological polar surface area (TPSA) is 55.1 Å². The molecule has 1 aromatic carbocycles. The molecule has 2 rings (SSSR count). The maximum atomic E-state index is 11.7. The van der Waals surface area contributed by atoms with Gasteiger partial charge in [0.2, 0.25) is 5.91 Å². The maximum absolute atomic E-state index is 11.7. The van der Waals surface area contributed by atoms with E-state index < -0.39 is 0 Å². The first-order valence-electron chi connectivity index (χ1n) is 5.74. The molecule has 1 fully saturated rings. The molecule has 0 aliphatic heterocycles. The molecule has 0 atom stereocenters. The number of rotatable bonds is 3.